The van der Waals surface area contributed by atoms with Gasteiger partial charge in [-0.1, -0.05) is 41.0 Å². The summed E-state index contributed by atoms with van der Waals surface area (Å²) in [5.74, 6) is 0.229. The van der Waals surface area contributed by atoms with Gasteiger partial charge >= 0.3 is 0 Å². The molecule has 0 spiro atoms. The number of amides is 1. The van der Waals surface area contributed by atoms with Gasteiger partial charge < -0.3 is 4.74 Å². The third-order valence-electron chi connectivity index (χ3n) is 4.54. The fourth-order valence-corrected chi connectivity index (χ4v) is 4.91. The second-order valence-electron chi connectivity index (χ2n) is 6.62. The summed E-state index contributed by atoms with van der Waals surface area (Å²) in [7, 11) is 1.52. The minimum absolute atomic E-state index is 0.0924. The fraction of sp³-hybridized carbons (Fsp3) is 0.0870. The third kappa shape index (κ3) is 4.91. The number of Topliss-reactive ketones (excluding diaryl/α,β-unsaturated/α-hetero) is 1. The molecule has 0 saturated heterocycles. The Balaban J connectivity index is 1.63. The number of ketones is 1. The Morgan fingerprint density at radius 1 is 1.19 bits per heavy atom. The third-order valence-corrected chi connectivity index (χ3v) is 6.85. The molecule has 4 rings (SSSR count). The first-order valence-corrected chi connectivity index (χ1v) is 12.0. The number of rotatable bonds is 6. The molecule has 162 valence electrons. The Labute approximate surface area is 203 Å². The smallest absolute Gasteiger partial charge is 0.283 e. The predicted molar refractivity (Wildman–Crippen MR) is 133 cm³/mol. The van der Waals surface area contributed by atoms with E-state index in [4.69, 9.17) is 27.9 Å². The largest absolute Gasteiger partial charge is 0.495 e. The van der Waals surface area contributed by atoms with E-state index >= 15 is 0 Å². The maximum atomic E-state index is 13.2. The maximum absolute atomic E-state index is 13.2. The zero-order valence-corrected chi connectivity index (χ0v) is 19.9. The van der Waals surface area contributed by atoms with Crippen molar-refractivity contribution in [1.82, 2.24) is 0 Å². The highest BCUT2D eigenvalue weighted by atomic mass is 35.5. The first-order chi connectivity index (χ1) is 15.5. The molecule has 3 aromatic rings. The molecule has 1 amide bonds. The van der Waals surface area contributed by atoms with Crippen LogP contribution in [0, 0.1) is 0 Å². The Morgan fingerprint density at radius 2 is 1.97 bits per heavy atom. The number of thiophene rings is 1. The molecule has 1 aromatic heterocycles. The van der Waals surface area contributed by atoms with Crippen LogP contribution in [-0.2, 0) is 4.79 Å². The lowest BCUT2D eigenvalue weighted by Crippen LogP contribution is -2.30. The van der Waals surface area contributed by atoms with Crippen LogP contribution in [-0.4, -0.2) is 29.7 Å². The summed E-state index contributed by atoms with van der Waals surface area (Å²) in [5.41, 5.74) is 1.38. The molecule has 0 aliphatic carbocycles. The molecule has 5 nitrogen and oxygen atoms in total. The normalized spacial score (nSPS) is 14.7. The van der Waals surface area contributed by atoms with E-state index in [2.05, 4.69) is 4.99 Å². The fourth-order valence-electron chi connectivity index (χ4n) is 2.97. The van der Waals surface area contributed by atoms with Crippen molar-refractivity contribution in [1.29, 1.82) is 0 Å². The second kappa shape index (κ2) is 9.92. The van der Waals surface area contributed by atoms with Crippen LogP contribution in [0.1, 0.15) is 15.2 Å². The Bertz CT molecular complexity index is 1220. The number of amidine groups is 1. The number of aliphatic imine (C=N–C) groups is 1. The van der Waals surface area contributed by atoms with Crippen molar-refractivity contribution in [3.63, 3.8) is 0 Å². The van der Waals surface area contributed by atoms with Crippen molar-refractivity contribution in [3.8, 4) is 5.75 Å². The number of benzene rings is 2. The lowest BCUT2D eigenvalue weighted by atomic mass is 10.1. The number of carbonyl (C=O) groups is 2. The number of methoxy groups -OCH3 is 1. The number of nitrogens with zero attached hydrogens (tertiary/aromatic N) is 2. The number of carbonyl (C=O) groups excluding carboxylic acids is 2. The van der Waals surface area contributed by atoms with Crippen LogP contribution in [0.3, 0.4) is 0 Å². The highest BCUT2D eigenvalue weighted by Crippen LogP contribution is 2.34. The molecule has 32 heavy (non-hydrogen) atoms. The van der Waals surface area contributed by atoms with Crippen molar-refractivity contribution in [2.75, 3.05) is 17.8 Å². The summed E-state index contributed by atoms with van der Waals surface area (Å²) in [6, 6.07) is 15.6. The van der Waals surface area contributed by atoms with Gasteiger partial charge in [-0.2, -0.15) is 0 Å². The molecule has 1 aliphatic rings. The predicted octanol–water partition coefficient (Wildman–Crippen LogP) is 6.42. The van der Waals surface area contributed by atoms with Crippen LogP contribution in [0.2, 0.25) is 10.0 Å². The maximum Gasteiger partial charge on any atom is 0.283 e. The topological polar surface area (TPSA) is 59.0 Å². The van der Waals surface area contributed by atoms with Gasteiger partial charge in [0.1, 0.15) is 11.4 Å². The number of anilines is 1. The monoisotopic (exact) mass is 502 g/mol. The summed E-state index contributed by atoms with van der Waals surface area (Å²) in [6.45, 7) is 0. The minimum atomic E-state index is -0.291. The summed E-state index contributed by atoms with van der Waals surface area (Å²) >= 11 is 14.9. The van der Waals surface area contributed by atoms with Crippen molar-refractivity contribution >= 4 is 74.9 Å². The molecule has 2 heterocycles. The molecule has 0 bridgehead atoms. The van der Waals surface area contributed by atoms with Crippen LogP contribution in [0.4, 0.5) is 5.69 Å². The average Bonchev–Trinajstić information content (AvgIpc) is 3.41. The van der Waals surface area contributed by atoms with Gasteiger partial charge in [0.05, 0.1) is 23.6 Å². The van der Waals surface area contributed by atoms with Gasteiger partial charge in [-0.3, -0.25) is 14.5 Å². The second-order valence-corrected chi connectivity index (χ2v) is 9.38. The van der Waals surface area contributed by atoms with Gasteiger partial charge in [0, 0.05) is 15.5 Å². The van der Waals surface area contributed by atoms with E-state index in [9.17, 15) is 9.59 Å². The van der Waals surface area contributed by atoms with E-state index in [0.29, 0.717) is 37.9 Å². The van der Waals surface area contributed by atoms with E-state index in [1.807, 2.05) is 17.5 Å². The van der Waals surface area contributed by atoms with Crippen molar-refractivity contribution in [3.05, 3.63) is 86.2 Å². The van der Waals surface area contributed by atoms with Crippen LogP contribution >= 0.6 is 46.3 Å². The summed E-state index contributed by atoms with van der Waals surface area (Å²) < 4.78 is 5.21. The molecule has 1 aliphatic heterocycles. The van der Waals surface area contributed by atoms with Crippen LogP contribution < -0.4 is 9.64 Å². The Kier molecular flexibility index (Phi) is 7.01. The summed E-state index contributed by atoms with van der Waals surface area (Å²) in [4.78, 5) is 32.8. The van der Waals surface area contributed by atoms with Gasteiger partial charge in [0.2, 0.25) is 0 Å². The minimum Gasteiger partial charge on any atom is -0.495 e. The molecule has 9 heteroatoms. The molecule has 0 N–H and O–H groups in total. The Morgan fingerprint density at radius 3 is 2.62 bits per heavy atom. The van der Waals surface area contributed by atoms with E-state index in [1.54, 1.807) is 48.5 Å². The van der Waals surface area contributed by atoms with Crippen LogP contribution in [0.5, 0.6) is 5.75 Å². The lowest BCUT2D eigenvalue weighted by molar-refractivity contribution is -0.113. The van der Waals surface area contributed by atoms with Gasteiger partial charge in [0.15, 0.2) is 11.0 Å². The van der Waals surface area contributed by atoms with Gasteiger partial charge in [-0.25, -0.2) is 4.99 Å². The molecular formula is C23H16Cl2N2O3S2. The number of ether oxygens (including phenoxy) is 1. The average molecular weight is 503 g/mol. The lowest BCUT2D eigenvalue weighted by Gasteiger charge is -2.18. The first-order valence-electron chi connectivity index (χ1n) is 9.39. The zero-order chi connectivity index (χ0) is 22.7. The number of halogens is 2. The van der Waals surface area contributed by atoms with Gasteiger partial charge in [0.25, 0.3) is 5.91 Å². The standard InChI is InChI=1S/C23H16Cl2N2O3S2/c1-30-21-9-8-16(11-18(21)25)27-22(29)19(12-17-3-2-10-31-17)26-23(27)32-13-20(28)14-4-6-15(24)7-5-14/h2-12H,13H2,1H3. The zero-order valence-electron chi connectivity index (χ0n) is 16.7. The number of thioether (sulfide) groups is 1. The first kappa shape index (κ1) is 22.6. The molecule has 0 atom stereocenters. The molecular weight excluding hydrogens is 487 g/mol. The van der Waals surface area contributed by atoms with Gasteiger partial charge in [-0.15, -0.1) is 11.3 Å². The number of hydrogen-bond donors (Lipinski definition) is 0. The Hall–Kier alpha value is -2.58. The number of hydrogen-bond acceptors (Lipinski definition) is 6. The molecule has 2 aromatic carbocycles. The highest BCUT2D eigenvalue weighted by Gasteiger charge is 2.33. The SMILES string of the molecule is COc1ccc(N2C(=O)C(=Cc3cccs3)N=C2SCC(=O)c2ccc(Cl)cc2)cc1Cl. The van der Waals surface area contributed by atoms with E-state index in [0.717, 1.165) is 4.88 Å². The van der Waals surface area contributed by atoms with E-state index in [-0.39, 0.29) is 17.4 Å². The van der Waals surface area contributed by atoms with Crippen molar-refractivity contribution in [2.45, 2.75) is 0 Å². The van der Waals surface area contributed by atoms with E-state index < -0.39 is 0 Å². The molecule has 0 unspecified atom stereocenters. The molecule has 0 radical (unpaired) electrons. The van der Waals surface area contributed by atoms with Crippen molar-refractivity contribution < 1.29 is 14.3 Å². The van der Waals surface area contributed by atoms with E-state index in [1.165, 1.54) is 35.1 Å². The summed E-state index contributed by atoms with van der Waals surface area (Å²) in [6.07, 6.45) is 1.74. The van der Waals surface area contributed by atoms with Crippen molar-refractivity contribution in [2.24, 2.45) is 4.99 Å². The van der Waals surface area contributed by atoms with Crippen LogP contribution in [0.15, 0.2) is 70.7 Å². The molecule has 0 saturated carbocycles. The van der Waals surface area contributed by atoms with Gasteiger partial charge in [-0.05, 0) is 60.0 Å². The summed E-state index contributed by atoms with van der Waals surface area (Å²) in [5, 5.41) is 3.26. The molecule has 0 fully saturated rings. The quantitative estimate of drug-likeness (QED) is 0.288. The van der Waals surface area contributed by atoms with Crippen LogP contribution in [0.25, 0.3) is 6.08 Å². The highest BCUT2D eigenvalue weighted by molar-refractivity contribution is 8.14.